The Bertz CT molecular complexity index is 267. The molecule has 0 bridgehead atoms. The predicted octanol–water partition coefficient (Wildman–Crippen LogP) is 1.26. The highest BCUT2D eigenvalue weighted by Crippen LogP contribution is 2.27. The van der Waals surface area contributed by atoms with E-state index in [1.807, 2.05) is 18.7 Å². The summed E-state index contributed by atoms with van der Waals surface area (Å²) in [6, 6.07) is 0. The van der Waals surface area contributed by atoms with E-state index in [-0.39, 0.29) is 12.0 Å². The minimum atomic E-state index is 0.215. The number of nitrogens with zero attached hydrogens (tertiary/aromatic N) is 1. The molecule has 1 amide bonds. The van der Waals surface area contributed by atoms with Gasteiger partial charge in [-0.05, 0) is 51.6 Å². The lowest BCUT2D eigenvalue weighted by Gasteiger charge is -2.21. The van der Waals surface area contributed by atoms with Gasteiger partial charge < -0.3 is 15.0 Å². The minimum Gasteiger partial charge on any atom is -0.378 e. The minimum absolute atomic E-state index is 0.215. The van der Waals surface area contributed by atoms with E-state index < -0.39 is 0 Å². The van der Waals surface area contributed by atoms with Crippen molar-refractivity contribution in [1.82, 2.24) is 10.2 Å². The first kappa shape index (κ1) is 13.8. The van der Waals surface area contributed by atoms with E-state index in [4.69, 9.17) is 4.74 Å². The number of likely N-dealkylation sites (tertiary alicyclic amines) is 1. The summed E-state index contributed by atoms with van der Waals surface area (Å²) in [4.78, 5) is 14.1. The third-order valence-corrected chi connectivity index (χ3v) is 4.14. The van der Waals surface area contributed by atoms with Gasteiger partial charge in [0.05, 0.1) is 19.1 Å². The number of carbonyl (C=O) groups excluding carboxylic acids is 1. The van der Waals surface area contributed by atoms with Crippen LogP contribution < -0.4 is 5.32 Å². The van der Waals surface area contributed by atoms with Gasteiger partial charge in [-0.25, -0.2) is 0 Å². The molecule has 104 valence electrons. The summed E-state index contributed by atoms with van der Waals surface area (Å²) in [5, 5.41) is 3.46. The molecule has 0 radical (unpaired) electrons. The lowest BCUT2D eigenvalue weighted by molar-refractivity contribution is -0.132. The Labute approximate surface area is 110 Å². The van der Waals surface area contributed by atoms with Gasteiger partial charge in [-0.2, -0.15) is 0 Å². The second kappa shape index (κ2) is 6.53. The van der Waals surface area contributed by atoms with E-state index in [9.17, 15) is 4.79 Å². The first-order valence-electron chi connectivity index (χ1n) is 7.27. The molecule has 4 heteroatoms. The molecule has 2 aliphatic heterocycles. The average Bonchev–Trinajstić information content (AvgIpc) is 2.67. The molecule has 2 saturated heterocycles. The Balaban J connectivity index is 1.74. The lowest BCUT2D eigenvalue weighted by atomic mass is 9.92. The summed E-state index contributed by atoms with van der Waals surface area (Å²) >= 11 is 0. The van der Waals surface area contributed by atoms with Gasteiger partial charge in [0.15, 0.2) is 0 Å². The highest BCUT2D eigenvalue weighted by molar-refractivity contribution is 5.76. The molecule has 2 fully saturated rings. The maximum Gasteiger partial charge on any atom is 0.224 e. The molecule has 0 aromatic heterocycles. The van der Waals surface area contributed by atoms with Crippen LogP contribution in [0.15, 0.2) is 0 Å². The summed E-state index contributed by atoms with van der Waals surface area (Å²) in [7, 11) is 0. The molecule has 2 rings (SSSR count). The fourth-order valence-corrected chi connectivity index (χ4v) is 3.01. The first-order chi connectivity index (χ1) is 8.66. The molecule has 2 atom stereocenters. The highest BCUT2D eigenvalue weighted by Gasteiger charge is 2.31. The second-order valence-electron chi connectivity index (χ2n) is 5.81. The normalized spacial score (nSPS) is 28.3. The van der Waals surface area contributed by atoms with Crippen LogP contribution in [-0.2, 0) is 9.53 Å². The van der Waals surface area contributed by atoms with Gasteiger partial charge >= 0.3 is 0 Å². The van der Waals surface area contributed by atoms with Crippen LogP contribution in [0.25, 0.3) is 0 Å². The molecule has 0 aromatic rings. The molecular weight excluding hydrogens is 228 g/mol. The van der Waals surface area contributed by atoms with Crippen molar-refractivity contribution in [2.24, 2.45) is 11.8 Å². The SMILES string of the molecule is CC(C)OCCC(=O)N1CC[C@@H]2CNC[C@@H]2CC1. The molecule has 4 nitrogen and oxygen atoms in total. The molecule has 18 heavy (non-hydrogen) atoms. The zero-order valence-electron chi connectivity index (χ0n) is 11.7. The molecule has 2 aliphatic rings. The van der Waals surface area contributed by atoms with Crippen LogP contribution in [0.3, 0.4) is 0 Å². The molecule has 1 N–H and O–H groups in total. The van der Waals surface area contributed by atoms with Gasteiger partial charge in [0, 0.05) is 13.1 Å². The van der Waals surface area contributed by atoms with E-state index in [1.54, 1.807) is 0 Å². The van der Waals surface area contributed by atoms with Crippen molar-refractivity contribution in [2.75, 3.05) is 32.8 Å². The largest absolute Gasteiger partial charge is 0.378 e. The van der Waals surface area contributed by atoms with Crippen LogP contribution in [0.5, 0.6) is 0 Å². The van der Waals surface area contributed by atoms with Gasteiger partial charge in [-0.15, -0.1) is 0 Å². The summed E-state index contributed by atoms with van der Waals surface area (Å²) in [5.41, 5.74) is 0. The maximum atomic E-state index is 12.1. The van der Waals surface area contributed by atoms with Gasteiger partial charge in [-0.1, -0.05) is 0 Å². The van der Waals surface area contributed by atoms with Crippen molar-refractivity contribution >= 4 is 5.91 Å². The maximum absolute atomic E-state index is 12.1. The van der Waals surface area contributed by atoms with Crippen molar-refractivity contribution in [1.29, 1.82) is 0 Å². The number of fused-ring (bicyclic) bond motifs is 1. The van der Waals surface area contributed by atoms with E-state index in [2.05, 4.69) is 5.32 Å². The number of amides is 1. The molecule has 0 aromatic carbocycles. The summed E-state index contributed by atoms with van der Waals surface area (Å²) in [6.07, 6.45) is 3.07. The Hall–Kier alpha value is -0.610. The molecule has 0 aliphatic carbocycles. The van der Waals surface area contributed by atoms with Gasteiger partial charge in [0.2, 0.25) is 5.91 Å². The summed E-state index contributed by atoms with van der Waals surface area (Å²) in [6.45, 7) is 8.72. The number of hydrogen-bond donors (Lipinski definition) is 1. The zero-order valence-corrected chi connectivity index (χ0v) is 11.7. The molecular formula is C14H26N2O2. The quantitative estimate of drug-likeness (QED) is 0.821. The third-order valence-electron chi connectivity index (χ3n) is 4.14. The number of ether oxygens (including phenoxy) is 1. The van der Waals surface area contributed by atoms with Crippen LogP contribution >= 0.6 is 0 Å². The Kier molecular flexibility index (Phi) is 5.01. The molecule has 0 spiro atoms. The number of carbonyl (C=O) groups is 1. The summed E-state index contributed by atoms with van der Waals surface area (Å²) < 4.78 is 5.45. The van der Waals surface area contributed by atoms with E-state index in [0.29, 0.717) is 13.0 Å². The van der Waals surface area contributed by atoms with E-state index >= 15 is 0 Å². The summed E-state index contributed by atoms with van der Waals surface area (Å²) in [5.74, 6) is 1.84. The fraction of sp³-hybridized carbons (Fsp3) is 0.929. The van der Waals surface area contributed by atoms with Crippen LogP contribution in [0.4, 0.5) is 0 Å². The molecule has 2 heterocycles. The van der Waals surface area contributed by atoms with Crippen LogP contribution in [0.1, 0.15) is 33.1 Å². The van der Waals surface area contributed by atoms with Crippen LogP contribution in [-0.4, -0.2) is 49.7 Å². The topological polar surface area (TPSA) is 41.6 Å². The molecule has 0 unspecified atom stereocenters. The van der Waals surface area contributed by atoms with Gasteiger partial charge in [0.1, 0.15) is 0 Å². The van der Waals surface area contributed by atoms with Crippen molar-refractivity contribution in [2.45, 2.75) is 39.2 Å². The third kappa shape index (κ3) is 3.69. The highest BCUT2D eigenvalue weighted by atomic mass is 16.5. The lowest BCUT2D eigenvalue weighted by Crippen LogP contribution is -2.33. The smallest absolute Gasteiger partial charge is 0.224 e. The predicted molar refractivity (Wildman–Crippen MR) is 71.4 cm³/mol. The molecule has 0 saturated carbocycles. The second-order valence-corrected chi connectivity index (χ2v) is 5.81. The average molecular weight is 254 g/mol. The Morgan fingerprint density at radius 3 is 2.44 bits per heavy atom. The van der Waals surface area contributed by atoms with Crippen LogP contribution in [0, 0.1) is 11.8 Å². The van der Waals surface area contributed by atoms with E-state index in [0.717, 1.165) is 50.9 Å². The fourth-order valence-electron chi connectivity index (χ4n) is 3.01. The monoisotopic (exact) mass is 254 g/mol. The van der Waals surface area contributed by atoms with Crippen molar-refractivity contribution in [3.05, 3.63) is 0 Å². The zero-order chi connectivity index (χ0) is 13.0. The van der Waals surface area contributed by atoms with Gasteiger partial charge in [0.25, 0.3) is 0 Å². The Morgan fingerprint density at radius 1 is 1.28 bits per heavy atom. The standard InChI is InChI=1S/C14H26N2O2/c1-11(2)18-8-5-14(17)16-6-3-12-9-15-10-13(12)4-7-16/h11-13,15H,3-10H2,1-2H3/t12-,13+. The number of rotatable bonds is 4. The van der Waals surface area contributed by atoms with Crippen LogP contribution in [0.2, 0.25) is 0 Å². The van der Waals surface area contributed by atoms with Crippen molar-refractivity contribution in [3.8, 4) is 0 Å². The first-order valence-corrected chi connectivity index (χ1v) is 7.27. The van der Waals surface area contributed by atoms with Crippen molar-refractivity contribution in [3.63, 3.8) is 0 Å². The number of hydrogen-bond acceptors (Lipinski definition) is 3. The van der Waals surface area contributed by atoms with Crippen molar-refractivity contribution < 1.29 is 9.53 Å². The number of nitrogens with one attached hydrogen (secondary N) is 1. The van der Waals surface area contributed by atoms with E-state index in [1.165, 1.54) is 0 Å². The van der Waals surface area contributed by atoms with Gasteiger partial charge in [-0.3, -0.25) is 4.79 Å². The Morgan fingerprint density at radius 2 is 1.89 bits per heavy atom.